The molecule has 0 aromatic heterocycles. The number of morpholine rings is 1. The van der Waals surface area contributed by atoms with Crippen LogP contribution in [0.1, 0.15) is 35.6 Å². The Bertz CT molecular complexity index is 803. The van der Waals surface area contributed by atoms with Gasteiger partial charge in [-0.15, -0.1) is 0 Å². The molecule has 2 aromatic rings. The first-order valence-corrected chi connectivity index (χ1v) is 11.1. The van der Waals surface area contributed by atoms with E-state index < -0.39 is 9.84 Å². The van der Waals surface area contributed by atoms with Crippen LogP contribution >= 0.6 is 0 Å². The molecule has 4 nitrogen and oxygen atoms in total. The van der Waals surface area contributed by atoms with Crippen molar-refractivity contribution in [2.45, 2.75) is 25.5 Å². The Kier molecular flexibility index (Phi) is 6.12. The molecule has 1 saturated heterocycles. The second-order valence-electron chi connectivity index (χ2n) is 7.24. The second-order valence-corrected chi connectivity index (χ2v) is 9.43. The number of benzene rings is 2. The fourth-order valence-electron chi connectivity index (χ4n) is 3.48. The minimum atomic E-state index is -2.96. The fourth-order valence-corrected chi connectivity index (χ4v) is 4.58. The summed E-state index contributed by atoms with van der Waals surface area (Å²) in [5.41, 5.74) is 3.54. The van der Waals surface area contributed by atoms with Gasteiger partial charge in [0.05, 0.1) is 18.5 Å². The number of nitrogens with zero attached hydrogens (tertiary/aromatic N) is 1. The highest BCUT2D eigenvalue weighted by Gasteiger charge is 2.22. The maximum atomic E-state index is 11.5. The number of rotatable bonds is 6. The quantitative estimate of drug-likeness (QED) is 0.778. The van der Waals surface area contributed by atoms with Gasteiger partial charge in [0.15, 0.2) is 0 Å². The van der Waals surface area contributed by atoms with Crippen LogP contribution in [0.5, 0.6) is 0 Å². The summed E-state index contributed by atoms with van der Waals surface area (Å²) >= 11 is 0. The molecule has 0 saturated carbocycles. The third-order valence-corrected chi connectivity index (χ3v) is 5.94. The zero-order chi connectivity index (χ0) is 18.6. The van der Waals surface area contributed by atoms with E-state index in [0.717, 1.165) is 31.8 Å². The molecule has 5 heteroatoms. The average Bonchev–Trinajstić information content (AvgIpc) is 2.62. The Hall–Kier alpha value is -1.69. The van der Waals surface area contributed by atoms with Crippen molar-refractivity contribution in [1.29, 1.82) is 0 Å². The molecule has 0 spiro atoms. The summed E-state index contributed by atoms with van der Waals surface area (Å²) in [4.78, 5) is 2.41. The SMILES string of the molecule is C[C@@H](CS(C)(=O)=O)c1ccc(CN2CCO[C@@H](c3ccccc3)C2)cc1. The van der Waals surface area contributed by atoms with Crippen LogP contribution in [0.25, 0.3) is 0 Å². The van der Waals surface area contributed by atoms with Crippen molar-refractivity contribution >= 4 is 9.84 Å². The summed E-state index contributed by atoms with van der Waals surface area (Å²) < 4.78 is 28.9. The Balaban J connectivity index is 1.60. The average molecular weight is 374 g/mol. The monoisotopic (exact) mass is 373 g/mol. The predicted molar refractivity (Wildman–Crippen MR) is 105 cm³/mol. The molecule has 140 valence electrons. The molecular weight excluding hydrogens is 346 g/mol. The molecule has 3 rings (SSSR count). The van der Waals surface area contributed by atoms with E-state index in [2.05, 4.69) is 41.3 Å². The minimum absolute atomic E-state index is 0.0184. The molecule has 2 atom stereocenters. The molecule has 1 aliphatic heterocycles. The lowest BCUT2D eigenvalue weighted by molar-refractivity contribution is -0.0329. The van der Waals surface area contributed by atoms with Crippen LogP contribution in [0, 0.1) is 0 Å². The van der Waals surface area contributed by atoms with E-state index in [0.29, 0.717) is 0 Å². The van der Waals surface area contributed by atoms with Gasteiger partial charge in [-0.05, 0) is 22.6 Å². The topological polar surface area (TPSA) is 46.6 Å². The number of ether oxygens (including phenoxy) is 1. The fraction of sp³-hybridized carbons (Fsp3) is 0.429. The van der Waals surface area contributed by atoms with Crippen LogP contribution in [0.3, 0.4) is 0 Å². The van der Waals surface area contributed by atoms with Gasteiger partial charge in [0.1, 0.15) is 9.84 Å². The first kappa shape index (κ1) is 19.1. The van der Waals surface area contributed by atoms with E-state index in [1.165, 1.54) is 17.4 Å². The van der Waals surface area contributed by atoms with Crippen molar-refractivity contribution in [3.05, 3.63) is 71.3 Å². The molecular formula is C21H27NO3S. The van der Waals surface area contributed by atoms with Crippen LogP contribution in [-0.2, 0) is 21.1 Å². The molecule has 0 radical (unpaired) electrons. The molecule has 0 aliphatic carbocycles. The third-order valence-electron chi connectivity index (χ3n) is 4.83. The zero-order valence-corrected chi connectivity index (χ0v) is 16.3. The minimum Gasteiger partial charge on any atom is -0.371 e. The highest BCUT2D eigenvalue weighted by molar-refractivity contribution is 7.90. The Morgan fingerprint density at radius 2 is 1.81 bits per heavy atom. The van der Waals surface area contributed by atoms with E-state index in [4.69, 9.17) is 4.74 Å². The van der Waals surface area contributed by atoms with Gasteiger partial charge in [0.2, 0.25) is 0 Å². The van der Waals surface area contributed by atoms with Crippen LogP contribution in [0.4, 0.5) is 0 Å². The van der Waals surface area contributed by atoms with Crippen LogP contribution in [-0.4, -0.2) is 45.0 Å². The van der Waals surface area contributed by atoms with E-state index >= 15 is 0 Å². The van der Waals surface area contributed by atoms with Crippen LogP contribution in [0.2, 0.25) is 0 Å². The Labute approximate surface area is 156 Å². The maximum absolute atomic E-state index is 11.5. The van der Waals surface area contributed by atoms with Crippen molar-refractivity contribution in [2.75, 3.05) is 31.7 Å². The number of hydrogen-bond acceptors (Lipinski definition) is 4. The number of hydrogen-bond donors (Lipinski definition) is 0. The van der Waals surface area contributed by atoms with Gasteiger partial charge in [0, 0.05) is 25.9 Å². The molecule has 0 amide bonds. The van der Waals surface area contributed by atoms with Gasteiger partial charge >= 0.3 is 0 Å². The van der Waals surface area contributed by atoms with Gasteiger partial charge in [-0.2, -0.15) is 0 Å². The van der Waals surface area contributed by atoms with E-state index in [-0.39, 0.29) is 17.8 Å². The Morgan fingerprint density at radius 3 is 2.46 bits per heavy atom. The van der Waals surface area contributed by atoms with Gasteiger partial charge in [-0.1, -0.05) is 61.5 Å². The Morgan fingerprint density at radius 1 is 1.12 bits per heavy atom. The summed E-state index contributed by atoms with van der Waals surface area (Å²) in [6.45, 7) is 5.39. The lowest BCUT2D eigenvalue weighted by Crippen LogP contribution is -2.37. The van der Waals surface area contributed by atoms with Crippen molar-refractivity contribution in [3.63, 3.8) is 0 Å². The molecule has 1 heterocycles. The maximum Gasteiger partial charge on any atom is 0.148 e. The third kappa shape index (κ3) is 5.40. The summed E-state index contributed by atoms with van der Waals surface area (Å²) in [5, 5.41) is 0. The molecule has 0 unspecified atom stereocenters. The summed E-state index contributed by atoms with van der Waals surface area (Å²) in [5.74, 6) is 0.207. The van der Waals surface area contributed by atoms with Crippen LogP contribution in [0.15, 0.2) is 54.6 Å². The van der Waals surface area contributed by atoms with Gasteiger partial charge < -0.3 is 4.74 Å². The lowest BCUT2D eigenvalue weighted by Gasteiger charge is -2.33. The smallest absolute Gasteiger partial charge is 0.148 e. The zero-order valence-electron chi connectivity index (χ0n) is 15.5. The van der Waals surface area contributed by atoms with Gasteiger partial charge in [0.25, 0.3) is 0 Å². The number of sulfone groups is 1. The first-order chi connectivity index (χ1) is 12.4. The van der Waals surface area contributed by atoms with E-state index in [1.54, 1.807) is 0 Å². The standard InChI is InChI=1S/C21H27NO3S/c1-17(16-26(2,23)24)19-10-8-18(9-11-19)14-22-12-13-25-21(15-22)20-6-4-3-5-7-20/h3-11,17,21H,12-16H2,1-2H3/t17-,21+/m0/s1. The molecule has 0 N–H and O–H groups in total. The lowest BCUT2D eigenvalue weighted by atomic mass is 10.0. The molecule has 26 heavy (non-hydrogen) atoms. The van der Waals surface area contributed by atoms with E-state index in [1.807, 2.05) is 25.1 Å². The van der Waals surface area contributed by atoms with Crippen molar-refractivity contribution in [2.24, 2.45) is 0 Å². The van der Waals surface area contributed by atoms with Crippen molar-refractivity contribution < 1.29 is 13.2 Å². The second kappa shape index (κ2) is 8.33. The molecule has 1 aliphatic rings. The summed E-state index contributed by atoms with van der Waals surface area (Å²) in [6, 6.07) is 18.7. The van der Waals surface area contributed by atoms with Gasteiger partial charge in [-0.25, -0.2) is 8.42 Å². The summed E-state index contributed by atoms with van der Waals surface area (Å²) in [7, 11) is -2.96. The molecule has 0 bridgehead atoms. The van der Waals surface area contributed by atoms with Crippen LogP contribution < -0.4 is 0 Å². The van der Waals surface area contributed by atoms with Crippen molar-refractivity contribution in [3.8, 4) is 0 Å². The van der Waals surface area contributed by atoms with Crippen molar-refractivity contribution in [1.82, 2.24) is 4.90 Å². The highest BCUT2D eigenvalue weighted by atomic mass is 32.2. The largest absolute Gasteiger partial charge is 0.371 e. The van der Waals surface area contributed by atoms with Gasteiger partial charge in [-0.3, -0.25) is 4.90 Å². The highest BCUT2D eigenvalue weighted by Crippen LogP contribution is 2.24. The first-order valence-electron chi connectivity index (χ1n) is 9.06. The normalized spacial score (nSPS) is 20.0. The van der Waals surface area contributed by atoms with E-state index in [9.17, 15) is 8.42 Å². The predicted octanol–water partition coefficient (Wildman–Crippen LogP) is 3.41. The molecule has 2 aromatic carbocycles. The molecule has 1 fully saturated rings. The summed E-state index contributed by atoms with van der Waals surface area (Å²) in [6.07, 6.45) is 1.42.